The van der Waals surface area contributed by atoms with Crippen molar-refractivity contribution < 1.29 is 18.3 Å². The molecule has 0 bridgehead atoms. The summed E-state index contributed by atoms with van der Waals surface area (Å²) >= 11 is 0. The summed E-state index contributed by atoms with van der Waals surface area (Å²) in [5.74, 6) is -1.62. The molecule has 1 aliphatic heterocycles. The van der Waals surface area contributed by atoms with Crippen LogP contribution in [0.2, 0.25) is 0 Å². The lowest BCUT2D eigenvalue weighted by molar-refractivity contribution is 0.134. The van der Waals surface area contributed by atoms with Gasteiger partial charge in [0.15, 0.2) is 17.4 Å². The Kier molecular flexibility index (Phi) is 4.49. The van der Waals surface area contributed by atoms with Crippen molar-refractivity contribution in [3.05, 3.63) is 29.3 Å². The van der Waals surface area contributed by atoms with Gasteiger partial charge in [0.25, 0.3) is 0 Å². The van der Waals surface area contributed by atoms with Crippen LogP contribution in [0.3, 0.4) is 0 Å². The predicted octanol–water partition coefficient (Wildman–Crippen LogP) is 2.24. The van der Waals surface area contributed by atoms with Gasteiger partial charge in [-0.05, 0) is 24.2 Å². The van der Waals surface area contributed by atoms with Crippen LogP contribution in [0.5, 0.6) is 5.75 Å². The lowest BCUT2D eigenvalue weighted by Crippen LogP contribution is -2.18. The molecule has 1 N–H and O–H groups in total. The topological polar surface area (TPSA) is 30.5 Å². The number of hydrogen-bond donors (Lipinski definition) is 1. The minimum atomic E-state index is -0.658. The van der Waals surface area contributed by atoms with Crippen LogP contribution in [0.4, 0.5) is 8.78 Å². The molecule has 1 saturated heterocycles. The minimum absolute atomic E-state index is 0.256. The van der Waals surface area contributed by atoms with Gasteiger partial charge in [0.05, 0.1) is 13.2 Å². The van der Waals surface area contributed by atoms with Crippen molar-refractivity contribution in [3.63, 3.8) is 0 Å². The molecule has 3 nitrogen and oxygen atoms in total. The second kappa shape index (κ2) is 6.11. The molecule has 0 aromatic heterocycles. The van der Waals surface area contributed by atoms with Crippen molar-refractivity contribution in [1.29, 1.82) is 0 Å². The fraction of sp³-hybridized carbons (Fsp3) is 0.538. The second-order valence-corrected chi connectivity index (χ2v) is 4.27. The van der Waals surface area contributed by atoms with Gasteiger partial charge >= 0.3 is 0 Å². The maximum atomic E-state index is 13.8. The van der Waals surface area contributed by atoms with E-state index >= 15 is 0 Å². The summed E-state index contributed by atoms with van der Waals surface area (Å²) in [6.07, 6.45) is 0.409. The molecule has 0 spiro atoms. The Hall–Kier alpha value is -1.20. The molecule has 1 fully saturated rings. The summed E-state index contributed by atoms with van der Waals surface area (Å²) in [4.78, 5) is 0. The standard InChI is InChI=1S/C13H17F2NO2/c1-2-16-7-9-5-11(14)13(12(15)6-9)18-10-3-4-17-8-10/h5-6,10,16H,2-4,7-8H2,1H3. The quantitative estimate of drug-likeness (QED) is 0.877. The summed E-state index contributed by atoms with van der Waals surface area (Å²) < 4.78 is 37.9. The molecule has 1 aliphatic rings. The Morgan fingerprint density at radius 2 is 2.11 bits per heavy atom. The van der Waals surface area contributed by atoms with Gasteiger partial charge in [0.2, 0.25) is 0 Å². The van der Waals surface area contributed by atoms with Gasteiger partial charge in [0.1, 0.15) is 6.10 Å². The Morgan fingerprint density at radius 3 is 2.67 bits per heavy atom. The Morgan fingerprint density at radius 1 is 1.39 bits per heavy atom. The fourth-order valence-corrected chi connectivity index (χ4v) is 1.87. The molecule has 1 aromatic rings. The van der Waals surface area contributed by atoms with E-state index < -0.39 is 11.6 Å². The number of benzene rings is 1. The normalized spacial score (nSPS) is 19.2. The number of ether oxygens (including phenoxy) is 2. The summed E-state index contributed by atoms with van der Waals surface area (Å²) in [5, 5.41) is 3.02. The zero-order chi connectivity index (χ0) is 13.0. The lowest BCUT2D eigenvalue weighted by Gasteiger charge is -2.14. The Labute approximate surface area is 105 Å². The van der Waals surface area contributed by atoms with Gasteiger partial charge in [0, 0.05) is 13.0 Å². The van der Waals surface area contributed by atoms with Crippen LogP contribution in [0.15, 0.2) is 12.1 Å². The molecular weight excluding hydrogens is 240 g/mol. The maximum Gasteiger partial charge on any atom is 0.191 e. The summed E-state index contributed by atoms with van der Waals surface area (Å²) in [6.45, 7) is 4.09. The third kappa shape index (κ3) is 3.17. The fourth-order valence-electron chi connectivity index (χ4n) is 1.87. The van der Waals surface area contributed by atoms with Crippen molar-refractivity contribution >= 4 is 0 Å². The Bertz CT molecular complexity index is 383. The molecule has 18 heavy (non-hydrogen) atoms. The van der Waals surface area contributed by atoms with E-state index in [9.17, 15) is 8.78 Å². The van der Waals surface area contributed by atoms with Gasteiger partial charge in [-0.25, -0.2) is 8.78 Å². The molecule has 0 amide bonds. The van der Waals surface area contributed by atoms with Crippen molar-refractivity contribution in [2.45, 2.75) is 26.0 Å². The van der Waals surface area contributed by atoms with Crippen LogP contribution in [-0.2, 0) is 11.3 Å². The molecule has 1 aromatic carbocycles. The molecule has 1 atom stereocenters. The third-order valence-corrected chi connectivity index (χ3v) is 2.81. The molecular formula is C13H17F2NO2. The van der Waals surface area contributed by atoms with Crippen molar-refractivity contribution in [3.8, 4) is 5.75 Å². The van der Waals surface area contributed by atoms with Crippen molar-refractivity contribution in [1.82, 2.24) is 5.32 Å². The first kappa shape index (κ1) is 13.2. The van der Waals surface area contributed by atoms with E-state index in [-0.39, 0.29) is 11.9 Å². The molecule has 0 saturated carbocycles. The SMILES string of the molecule is CCNCc1cc(F)c(OC2CCOC2)c(F)c1. The van der Waals surface area contributed by atoms with Gasteiger partial charge in [-0.3, -0.25) is 0 Å². The summed E-state index contributed by atoms with van der Waals surface area (Å²) in [6, 6.07) is 2.60. The van der Waals surface area contributed by atoms with E-state index in [1.165, 1.54) is 12.1 Å². The third-order valence-electron chi connectivity index (χ3n) is 2.81. The van der Waals surface area contributed by atoms with E-state index in [1.807, 2.05) is 6.92 Å². The number of hydrogen-bond acceptors (Lipinski definition) is 3. The first-order valence-corrected chi connectivity index (χ1v) is 6.13. The van der Waals surface area contributed by atoms with Crippen LogP contribution in [0.1, 0.15) is 18.9 Å². The van der Waals surface area contributed by atoms with Crippen LogP contribution < -0.4 is 10.1 Å². The zero-order valence-electron chi connectivity index (χ0n) is 10.3. The van der Waals surface area contributed by atoms with Gasteiger partial charge in [-0.1, -0.05) is 6.92 Å². The van der Waals surface area contributed by atoms with Gasteiger partial charge in [-0.2, -0.15) is 0 Å². The van der Waals surface area contributed by atoms with E-state index in [2.05, 4.69) is 5.32 Å². The average molecular weight is 257 g/mol. The van der Waals surface area contributed by atoms with E-state index in [1.54, 1.807) is 0 Å². The number of rotatable bonds is 5. The van der Waals surface area contributed by atoms with Crippen LogP contribution in [0, 0.1) is 11.6 Å². The Balaban J connectivity index is 2.10. The first-order valence-electron chi connectivity index (χ1n) is 6.13. The largest absolute Gasteiger partial charge is 0.482 e. The van der Waals surface area contributed by atoms with Crippen molar-refractivity contribution in [2.75, 3.05) is 19.8 Å². The molecule has 0 aliphatic carbocycles. The highest BCUT2D eigenvalue weighted by Crippen LogP contribution is 2.26. The van der Waals surface area contributed by atoms with Crippen LogP contribution in [-0.4, -0.2) is 25.9 Å². The summed E-state index contributed by atoms with van der Waals surface area (Å²) in [7, 11) is 0. The van der Waals surface area contributed by atoms with E-state index in [0.29, 0.717) is 31.7 Å². The van der Waals surface area contributed by atoms with Gasteiger partial charge < -0.3 is 14.8 Å². The van der Waals surface area contributed by atoms with Gasteiger partial charge in [-0.15, -0.1) is 0 Å². The molecule has 2 rings (SSSR count). The highest BCUT2D eigenvalue weighted by molar-refractivity contribution is 5.31. The molecule has 1 unspecified atom stereocenters. The maximum absolute atomic E-state index is 13.8. The smallest absolute Gasteiger partial charge is 0.191 e. The predicted molar refractivity (Wildman–Crippen MR) is 63.6 cm³/mol. The number of halogens is 2. The van der Waals surface area contributed by atoms with E-state index in [4.69, 9.17) is 9.47 Å². The zero-order valence-corrected chi connectivity index (χ0v) is 10.3. The van der Waals surface area contributed by atoms with E-state index in [0.717, 1.165) is 6.54 Å². The molecule has 1 heterocycles. The highest BCUT2D eigenvalue weighted by Gasteiger charge is 2.21. The lowest BCUT2D eigenvalue weighted by atomic mass is 10.2. The van der Waals surface area contributed by atoms with Crippen LogP contribution >= 0.6 is 0 Å². The summed E-state index contributed by atoms with van der Waals surface area (Å²) in [5.41, 5.74) is 0.571. The monoisotopic (exact) mass is 257 g/mol. The highest BCUT2D eigenvalue weighted by atomic mass is 19.1. The average Bonchev–Trinajstić information content (AvgIpc) is 2.84. The first-order chi connectivity index (χ1) is 8.70. The minimum Gasteiger partial charge on any atom is -0.482 e. The van der Waals surface area contributed by atoms with Crippen molar-refractivity contribution in [2.24, 2.45) is 0 Å². The molecule has 0 radical (unpaired) electrons. The molecule has 5 heteroatoms. The van der Waals surface area contributed by atoms with Crippen LogP contribution in [0.25, 0.3) is 0 Å². The molecule has 100 valence electrons. The second-order valence-electron chi connectivity index (χ2n) is 4.27. The number of nitrogens with one attached hydrogen (secondary N) is 1.